The molecule has 21 heavy (non-hydrogen) atoms. The van der Waals surface area contributed by atoms with Crippen LogP contribution in [-0.4, -0.2) is 29.0 Å². The summed E-state index contributed by atoms with van der Waals surface area (Å²) in [5.41, 5.74) is 12.2. The van der Waals surface area contributed by atoms with Crippen LogP contribution in [0.1, 0.15) is 44.9 Å². The molecule has 5 nitrogen and oxygen atoms in total. The van der Waals surface area contributed by atoms with Crippen LogP contribution in [0.4, 0.5) is 4.39 Å². The molecule has 3 aliphatic rings. The minimum Gasteiger partial charge on any atom is -0.329 e. The molecule has 1 aliphatic heterocycles. The predicted molar refractivity (Wildman–Crippen MR) is 81.8 cm³/mol. The van der Waals surface area contributed by atoms with Gasteiger partial charge in [-0.1, -0.05) is 11.8 Å². The number of hydrogen-bond acceptors (Lipinski definition) is 5. The molecule has 3 atom stereocenters. The summed E-state index contributed by atoms with van der Waals surface area (Å²) >= 11 is 1.71. The van der Waals surface area contributed by atoms with Gasteiger partial charge >= 0.3 is 0 Å². The van der Waals surface area contributed by atoms with E-state index in [9.17, 15) is 9.18 Å². The number of alkyl halides is 1. The molecule has 2 saturated carbocycles. The predicted octanol–water partition coefficient (Wildman–Crippen LogP) is 1.21. The second-order valence-electron chi connectivity index (χ2n) is 6.53. The van der Waals surface area contributed by atoms with Crippen molar-refractivity contribution >= 4 is 17.7 Å². The summed E-state index contributed by atoms with van der Waals surface area (Å²) < 4.78 is 13.1. The van der Waals surface area contributed by atoms with Crippen molar-refractivity contribution in [3.63, 3.8) is 0 Å². The van der Waals surface area contributed by atoms with Gasteiger partial charge in [-0.2, -0.15) is 0 Å². The van der Waals surface area contributed by atoms with E-state index in [1.54, 1.807) is 11.8 Å². The van der Waals surface area contributed by atoms with Gasteiger partial charge in [0.15, 0.2) is 0 Å². The topological polar surface area (TPSA) is 79.2 Å². The Morgan fingerprint density at radius 3 is 2.62 bits per heavy atom. The SMILES string of the molecule is N[C@H](CC1CCC(F)CC1)C(=O)NC1NNC(C2CC2)S1. The molecular weight excluding hydrogens is 291 g/mol. The fourth-order valence-electron chi connectivity index (χ4n) is 3.13. The van der Waals surface area contributed by atoms with Crippen LogP contribution in [0.2, 0.25) is 0 Å². The molecule has 1 heterocycles. The first-order valence-corrected chi connectivity index (χ1v) is 8.92. The lowest BCUT2D eigenvalue weighted by molar-refractivity contribution is -0.123. The number of rotatable bonds is 5. The number of hydrazine groups is 1. The zero-order chi connectivity index (χ0) is 14.8. The van der Waals surface area contributed by atoms with Gasteiger partial charge in [0.05, 0.1) is 11.4 Å². The highest BCUT2D eigenvalue weighted by Crippen LogP contribution is 2.39. The zero-order valence-corrected chi connectivity index (χ0v) is 13.0. The molecule has 0 radical (unpaired) electrons. The van der Waals surface area contributed by atoms with Crippen molar-refractivity contribution in [1.29, 1.82) is 0 Å². The standard InChI is InChI=1S/C14H25FN4OS/c15-10-5-1-8(2-6-10)7-11(16)12(20)17-14-19-18-13(21-14)9-3-4-9/h8-11,13-14,18-19H,1-7,16H2,(H,17,20)/t8?,10?,11-,13?,14?/m1/s1. The summed E-state index contributed by atoms with van der Waals surface area (Å²) in [6.07, 6.45) is 5.48. The van der Waals surface area contributed by atoms with Gasteiger partial charge in [0.25, 0.3) is 0 Å². The summed E-state index contributed by atoms with van der Waals surface area (Å²) in [6, 6.07) is -0.492. The third kappa shape index (κ3) is 4.31. The first-order valence-electron chi connectivity index (χ1n) is 7.98. The Hall–Kier alpha value is -0.370. The molecule has 120 valence electrons. The third-order valence-corrected chi connectivity index (χ3v) is 5.97. The maximum atomic E-state index is 13.1. The molecule has 1 saturated heterocycles. The van der Waals surface area contributed by atoms with Crippen molar-refractivity contribution in [1.82, 2.24) is 16.2 Å². The van der Waals surface area contributed by atoms with Crippen LogP contribution < -0.4 is 21.9 Å². The van der Waals surface area contributed by atoms with Crippen molar-refractivity contribution in [3.05, 3.63) is 0 Å². The van der Waals surface area contributed by atoms with Crippen molar-refractivity contribution in [3.8, 4) is 0 Å². The molecule has 0 aromatic heterocycles. The second kappa shape index (κ2) is 6.81. The molecule has 0 spiro atoms. The Morgan fingerprint density at radius 1 is 1.24 bits per heavy atom. The maximum Gasteiger partial charge on any atom is 0.238 e. The van der Waals surface area contributed by atoms with E-state index in [0.717, 1.165) is 18.8 Å². The summed E-state index contributed by atoms with van der Waals surface area (Å²) in [7, 11) is 0. The highest BCUT2D eigenvalue weighted by atomic mass is 32.2. The number of halogens is 1. The summed E-state index contributed by atoms with van der Waals surface area (Å²) in [6.45, 7) is 0. The molecule has 1 amide bonds. The number of carbonyl (C=O) groups is 1. The van der Waals surface area contributed by atoms with Crippen LogP contribution in [0.25, 0.3) is 0 Å². The molecule has 0 bridgehead atoms. The van der Waals surface area contributed by atoms with Crippen molar-refractivity contribution in [2.24, 2.45) is 17.6 Å². The van der Waals surface area contributed by atoms with Crippen LogP contribution in [0.5, 0.6) is 0 Å². The second-order valence-corrected chi connectivity index (χ2v) is 7.78. The monoisotopic (exact) mass is 316 g/mol. The van der Waals surface area contributed by atoms with Crippen LogP contribution in [-0.2, 0) is 4.79 Å². The van der Waals surface area contributed by atoms with Gasteiger partial charge in [0, 0.05) is 0 Å². The summed E-state index contributed by atoms with van der Waals surface area (Å²) in [5, 5.41) is 3.34. The van der Waals surface area contributed by atoms with E-state index in [1.807, 2.05) is 0 Å². The van der Waals surface area contributed by atoms with E-state index in [2.05, 4.69) is 16.2 Å². The molecule has 3 rings (SSSR count). The number of amides is 1. The fourth-order valence-corrected chi connectivity index (χ4v) is 4.37. The molecule has 7 heteroatoms. The number of nitrogens with two attached hydrogens (primary N) is 1. The van der Waals surface area contributed by atoms with E-state index in [4.69, 9.17) is 5.73 Å². The first kappa shape index (κ1) is 15.5. The largest absolute Gasteiger partial charge is 0.329 e. The average Bonchev–Trinajstić information content (AvgIpc) is 3.22. The number of hydrogen-bond donors (Lipinski definition) is 4. The van der Waals surface area contributed by atoms with Gasteiger partial charge in [-0.15, -0.1) is 0 Å². The minimum atomic E-state index is -0.657. The minimum absolute atomic E-state index is 0.101. The Kier molecular flexibility index (Phi) is 5.03. The van der Waals surface area contributed by atoms with Gasteiger partial charge in [-0.25, -0.2) is 15.2 Å². The van der Waals surface area contributed by atoms with E-state index in [1.165, 1.54) is 12.8 Å². The highest BCUT2D eigenvalue weighted by molar-refractivity contribution is 8.00. The molecule has 0 aromatic carbocycles. The van der Waals surface area contributed by atoms with Crippen molar-refractivity contribution in [2.75, 3.05) is 0 Å². The molecule has 5 N–H and O–H groups in total. The third-order valence-electron chi connectivity index (χ3n) is 4.66. The summed E-state index contributed by atoms with van der Waals surface area (Å²) in [5.74, 6) is 1.01. The van der Waals surface area contributed by atoms with Crippen LogP contribution >= 0.6 is 11.8 Å². The smallest absolute Gasteiger partial charge is 0.238 e. The number of nitrogens with one attached hydrogen (secondary N) is 3. The van der Waals surface area contributed by atoms with E-state index < -0.39 is 12.2 Å². The van der Waals surface area contributed by atoms with Crippen LogP contribution in [0, 0.1) is 11.8 Å². The van der Waals surface area contributed by atoms with Gasteiger partial charge in [-0.05, 0) is 56.8 Å². The average molecular weight is 316 g/mol. The molecule has 0 aromatic rings. The lowest BCUT2D eigenvalue weighted by Gasteiger charge is -2.26. The van der Waals surface area contributed by atoms with E-state index in [0.29, 0.717) is 30.6 Å². The molecule has 3 fully saturated rings. The quantitative estimate of drug-likeness (QED) is 0.613. The Bertz CT molecular complexity index is 374. The van der Waals surface area contributed by atoms with Crippen molar-refractivity contribution < 1.29 is 9.18 Å². The van der Waals surface area contributed by atoms with Gasteiger partial charge < -0.3 is 11.1 Å². The van der Waals surface area contributed by atoms with Gasteiger partial charge in [0.2, 0.25) is 5.91 Å². The fraction of sp³-hybridized carbons (Fsp3) is 0.929. The molecule has 2 aliphatic carbocycles. The van der Waals surface area contributed by atoms with Crippen LogP contribution in [0.3, 0.4) is 0 Å². The van der Waals surface area contributed by atoms with E-state index >= 15 is 0 Å². The first-order chi connectivity index (χ1) is 10.1. The van der Waals surface area contributed by atoms with E-state index in [-0.39, 0.29) is 11.4 Å². The Morgan fingerprint density at radius 2 is 1.95 bits per heavy atom. The zero-order valence-electron chi connectivity index (χ0n) is 12.2. The summed E-state index contributed by atoms with van der Waals surface area (Å²) in [4.78, 5) is 12.1. The number of thioether (sulfide) groups is 1. The lowest BCUT2D eigenvalue weighted by atomic mass is 9.84. The van der Waals surface area contributed by atoms with Crippen LogP contribution in [0.15, 0.2) is 0 Å². The van der Waals surface area contributed by atoms with Gasteiger partial charge in [-0.3, -0.25) is 4.79 Å². The van der Waals surface area contributed by atoms with Crippen molar-refractivity contribution in [2.45, 2.75) is 68.0 Å². The number of carbonyl (C=O) groups excluding carboxylic acids is 1. The highest BCUT2D eigenvalue weighted by Gasteiger charge is 2.38. The Labute approximate surface area is 129 Å². The normalized spacial score (nSPS) is 38.2. The molecule has 2 unspecified atom stereocenters. The lowest BCUT2D eigenvalue weighted by Crippen LogP contribution is -2.50. The molecular formula is C14H25FN4OS. The van der Waals surface area contributed by atoms with Gasteiger partial charge in [0.1, 0.15) is 11.7 Å². The maximum absolute atomic E-state index is 13.1. The Balaban J connectivity index is 1.38.